The average Bonchev–Trinajstić information content (AvgIpc) is 2.54. The van der Waals surface area contributed by atoms with E-state index in [9.17, 15) is 9.59 Å². The summed E-state index contributed by atoms with van der Waals surface area (Å²) < 4.78 is 4.90. The highest BCUT2D eigenvalue weighted by Gasteiger charge is 2.13. The van der Waals surface area contributed by atoms with Crippen molar-refractivity contribution in [2.24, 2.45) is 0 Å². The van der Waals surface area contributed by atoms with Gasteiger partial charge >= 0.3 is 11.8 Å². The summed E-state index contributed by atoms with van der Waals surface area (Å²) in [5, 5.41) is 4.97. The first kappa shape index (κ1) is 14.4. The molecule has 0 aliphatic rings. The maximum absolute atomic E-state index is 11.7. The molecule has 0 spiro atoms. The van der Waals surface area contributed by atoms with Crippen LogP contribution in [0.3, 0.4) is 0 Å². The van der Waals surface area contributed by atoms with Gasteiger partial charge in [-0.3, -0.25) is 14.6 Å². The second kappa shape index (κ2) is 6.99. The molecule has 2 heterocycles. The van der Waals surface area contributed by atoms with Crippen molar-refractivity contribution in [1.82, 2.24) is 15.3 Å². The third-order valence-corrected chi connectivity index (χ3v) is 2.61. The van der Waals surface area contributed by atoms with E-state index in [4.69, 9.17) is 4.74 Å². The molecule has 7 heteroatoms. The van der Waals surface area contributed by atoms with Crippen molar-refractivity contribution >= 4 is 17.5 Å². The molecule has 2 N–H and O–H groups in total. The first-order chi connectivity index (χ1) is 10.2. The van der Waals surface area contributed by atoms with Gasteiger partial charge in [0.2, 0.25) is 5.88 Å². The number of ether oxygens (including phenoxy) is 1. The minimum Gasteiger partial charge on any atom is -0.481 e. The molecule has 2 aromatic heterocycles. The summed E-state index contributed by atoms with van der Waals surface area (Å²) in [6.45, 7) is 0.260. The zero-order valence-electron chi connectivity index (χ0n) is 11.4. The molecule has 0 aromatic carbocycles. The lowest BCUT2D eigenvalue weighted by atomic mass is 10.3. The van der Waals surface area contributed by atoms with Crippen molar-refractivity contribution in [2.45, 2.75) is 6.54 Å². The number of methoxy groups -OCH3 is 1. The number of hydrogen-bond donors (Lipinski definition) is 2. The second-order valence-electron chi connectivity index (χ2n) is 4.08. The van der Waals surface area contributed by atoms with Crippen molar-refractivity contribution in [2.75, 3.05) is 12.4 Å². The van der Waals surface area contributed by atoms with Crippen LogP contribution in [0.2, 0.25) is 0 Å². The smallest absolute Gasteiger partial charge is 0.313 e. The molecule has 0 unspecified atom stereocenters. The largest absolute Gasteiger partial charge is 0.481 e. The van der Waals surface area contributed by atoms with Crippen LogP contribution in [0.4, 0.5) is 5.69 Å². The van der Waals surface area contributed by atoms with Gasteiger partial charge in [0.05, 0.1) is 19.0 Å². The third-order valence-electron chi connectivity index (χ3n) is 2.61. The van der Waals surface area contributed by atoms with Crippen LogP contribution < -0.4 is 15.4 Å². The average molecular weight is 286 g/mol. The van der Waals surface area contributed by atoms with E-state index in [0.29, 0.717) is 11.6 Å². The third kappa shape index (κ3) is 4.27. The van der Waals surface area contributed by atoms with E-state index in [1.165, 1.54) is 13.3 Å². The lowest BCUT2D eigenvalue weighted by Gasteiger charge is -2.06. The summed E-state index contributed by atoms with van der Waals surface area (Å²) in [7, 11) is 1.49. The number of aromatic nitrogens is 2. The minimum absolute atomic E-state index is 0.260. The van der Waals surface area contributed by atoms with E-state index < -0.39 is 11.8 Å². The van der Waals surface area contributed by atoms with Gasteiger partial charge in [-0.15, -0.1) is 0 Å². The number of carbonyl (C=O) groups excluding carboxylic acids is 2. The fourth-order valence-electron chi connectivity index (χ4n) is 1.53. The monoisotopic (exact) mass is 286 g/mol. The van der Waals surface area contributed by atoms with Crippen molar-refractivity contribution in [3.05, 3.63) is 48.4 Å². The summed E-state index contributed by atoms with van der Waals surface area (Å²) in [6, 6.07) is 6.70. The van der Waals surface area contributed by atoms with Crippen LogP contribution in [-0.4, -0.2) is 28.9 Å². The highest BCUT2D eigenvalue weighted by atomic mass is 16.5. The molecule has 2 amide bonds. The van der Waals surface area contributed by atoms with E-state index in [0.717, 1.165) is 5.56 Å². The van der Waals surface area contributed by atoms with Crippen LogP contribution in [0.25, 0.3) is 0 Å². The summed E-state index contributed by atoms with van der Waals surface area (Å²) >= 11 is 0. The maximum atomic E-state index is 11.7. The molecule has 0 saturated carbocycles. The first-order valence-electron chi connectivity index (χ1n) is 6.17. The van der Waals surface area contributed by atoms with Gasteiger partial charge in [0.1, 0.15) is 0 Å². The summed E-state index contributed by atoms with van der Waals surface area (Å²) in [5.74, 6) is -1.05. The van der Waals surface area contributed by atoms with Gasteiger partial charge in [-0.25, -0.2) is 4.98 Å². The number of nitrogens with one attached hydrogen (secondary N) is 2. The fourth-order valence-corrected chi connectivity index (χ4v) is 1.53. The Labute approximate surface area is 121 Å². The molecular weight excluding hydrogens is 272 g/mol. The molecule has 2 aromatic rings. The molecule has 21 heavy (non-hydrogen) atoms. The normalized spacial score (nSPS) is 9.76. The van der Waals surface area contributed by atoms with Crippen LogP contribution in [0.15, 0.2) is 42.9 Å². The van der Waals surface area contributed by atoms with Gasteiger partial charge in [0.25, 0.3) is 0 Å². The standard InChI is InChI=1S/C14H14N4O3/c1-21-12-3-2-11(9-16-12)18-14(20)13(19)17-8-10-4-6-15-7-5-10/h2-7,9H,8H2,1H3,(H,17,19)(H,18,20). The molecule has 0 saturated heterocycles. The predicted octanol–water partition coefficient (Wildman–Crippen LogP) is 0.740. The molecule has 2 rings (SSSR count). The summed E-state index contributed by atoms with van der Waals surface area (Å²) in [6.07, 6.45) is 4.64. The molecule has 0 aliphatic carbocycles. The zero-order chi connectivity index (χ0) is 15.1. The number of hydrogen-bond acceptors (Lipinski definition) is 5. The van der Waals surface area contributed by atoms with Crippen molar-refractivity contribution in [3.63, 3.8) is 0 Å². The highest BCUT2D eigenvalue weighted by Crippen LogP contribution is 2.10. The van der Waals surface area contributed by atoms with Crippen molar-refractivity contribution in [3.8, 4) is 5.88 Å². The van der Waals surface area contributed by atoms with Gasteiger partial charge in [0, 0.05) is 25.0 Å². The van der Waals surface area contributed by atoms with Gasteiger partial charge in [0.15, 0.2) is 0 Å². The molecule has 0 radical (unpaired) electrons. The number of rotatable bonds is 4. The zero-order valence-corrected chi connectivity index (χ0v) is 11.4. The molecule has 7 nitrogen and oxygen atoms in total. The fraction of sp³-hybridized carbons (Fsp3) is 0.143. The van der Waals surface area contributed by atoms with Crippen LogP contribution in [-0.2, 0) is 16.1 Å². The van der Waals surface area contributed by atoms with Crippen LogP contribution >= 0.6 is 0 Å². The van der Waals surface area contributed by atoms with Crippen LogP contribution in [0.5, 0.6) is 5.88 Å². The topological polar surface area (TPSA) is 93.2 Å². The van der Waals surface area contributed by atoms with E-state index in [-0.39, 0.29) is 6.54 Å². The van der Waals surface area contributed by atoms with Crippen LogP contribution in [0, 0.1) is 0 Å². The molecule has 0 bridgehead atoms. The van der Waals surface area contributed by atoms with Gasteiger partial charge in [-0.2, -0.15) is 0 Å². The molecule has 0 atom stereocenters. The Morgan fingerprint density at radius 1 is 1.14 bits per heavy atom. The second-order valence-corrected chi connectivity index (χ2v) is 4.08. The highest BCUT2D eigenvalue weighted by molar-refractivity contribution is 6.39. The summed E-state index contributed by atoms with van der Waals surface area (Å²) in [4.78, 5) is 31.1. The lowest BCUT2D eigenvalue weighted by molar-refractivity contribution is -0.136. The molecule has 0 aliphatic heterocycles. The van der Waals surface area contributed by atoms with Gasteiger partial charge in [-0.05, 0) is 23.8 Å². The van der Waals surface area contributed by atoms with Crippen LogP contribution in [0.1, 0.15) is 5.56 Å². The van der Waals surface area contributed by atoms with E-state index in [1.807, 2.05) is 0 Å². The number of pyridine rings is 2. The Balaban J connectivity index is 1.86. The Bertz CT molecular complexity index is 614. The number of carbonyl (C=O) groups is 2. The van der Waals surface area contributed by atoms with Crippen molar-refractivity contribution in [1.29, 1.82) is 0 Å². The lowest BCUT2D eigenvalue weighted by Crippen LogP contribution is -2.34. The van der Waals surface area contributed by atoms with E-state index in [2.05, 4.69) is 20.6 Å². The quantitative estimate of drug-likeness (QED) is 0.809. The van der Waals surface area contributed by atoms with E-state index in [1.54, 1.807) is 36.7 Å². The van der Waals surface area contributed by atoms with Crippen molar-refractivity contribution < 1.29 is 14.3 Å². The molecule has 0 fully saturated rings. The summed E-state index contributed by atoms with van der Waals surface area (Å²) in [5.41, 5.74) is 1.28. The maximum Gasteiger partial charge on any atom is 0.313 e. The SMILES string of the molecule is COc1ccc(NC(=O)C(=O)NCc2ccncc2)cn1. The Hall–Kier alpha value is -2.96. The molecular formula is C14H14N4O3. The minimum atomic E-state index is -0.754. The number of nitrogens with zero attached hydrogens (tertiary/aromatic N) is 2. The van der Waals surface area contributed by atoms with E-state index >= 15 is 0 Å². The Morgan fingerprint density at radius 3 is 2.52 bits per heavy atom. The predicted molar refractivity (Wildman–Crippen MR) is 75.5 cm³/mol. The number of amides is 2. The van der Waals surface area contributed by atoms with Gasteiger partial charge < -0.3 is 15.4 Å². The number of anilines is 1. The van der Waals surface area contributed by atoms with Gasteiger partial charge in [-0.1, -0.05) is 0 Å². The Kier molecular flexibility index (Phi) is 4.81. The molecule has 108 valence electrons. The Morgan fingerprint density at radius 2 is 1.90 bits per heavy atom. The first-order valence-corrected chi connectivity index (χ1v) is 6.17.